The maximum atomic E-state index is 12.9. The minimum atomic E-state index is -1.09. The number of hydrogen-bond acceptors (Lipinski definition) is 2. The molecule has 1 rings (SSSR count). The van der Waals surface area contributed by atoms with Gasteiger partial charge in [-0.3, -0.25) is 0 Å². The first-order valence-electron chi connectivity index (χ1n) is 6.02. The Bertz CT molecular complexity index is 508. The Hall–Kier alpha value is -1.63. The molecule has 0 heterocycles. The first-order chi connectivity index (χ1) is 9.31. The molecule has 0 radical (unpaired) electrons. The molecule has 0 bridgehead atoms. The van der Waals surface area contributed by atoms with E-state index >= 15 is 0 Å². The van der Waals surface area contributed by atoms with E-state index in [0.29, 0.717) is 10.0 Å². The van der Waals surface area contributed by atoms with E-state index in [2.05, 4.69) is 26.6 Å². The number of halogens is 2. The van der Waals surface area contributed by atoms with Crippen molar-refractivity contribution in [1.82, 2.24) is 10.6 Å². The Morgan fingerprint density at radius 2 is 2.05 bits per heavy atom. The summed E-state index contributed by atoms with van der Waals surface area (Å²) in [6, 6.07) is 2.59. The standard InChI is InChI=1S/C13H16BrFN2O3/c1-7(2)11(12(18)19)17-13(20)16-6-8-3-4-9(15)5-10(8)14/h3-5,7,11H,6H2,1-2H3,(H,18,19)(H2,16,17,20). The van der Waals surface area contributed by atoms with Crippen LogP contribution in [0.15, 0.2) is 22.7 Å². The Kier molecular flexibility index (Phi) is 5.94. The molecule has 0 aliphatic carbocycles. The molecular formula is C13H16BrFN2O3. The fourth-order valence-electron chi connectivity index (χ4n) is 1.55. The highest BCUT2D eigenvalue weighted by molar-refractivity contribution is 9.10. The molecule has 0 saturated carbocycles. The second kappa shape index (κ2) is 7.23. The second-order valence-corrected chi connectivity index (χ2v) is 5.48. The molecular weight excluding hydrogens is 331 g/mol. The van der Waals surface area contributed by atoms with Gasteiger partial charge < -0.3 is 15.7 Å². The zero-order valence-electron chi connectivity index (χ0n) is 11.1. The maximum Gasteiger partial charge on any atom is 0.326 e. The average molecular weight is 347 g/mol. The number of aliphatic carboxylic acids is 1. The molecule has 20 heavy (non-hydrogen) atoms. The van der Waals surface area contributed by atoms with Gasteiger partial charge in [0, 0.05) is 11.0 Å². The van der Waals surface area contributed by atoms with Gasteiger partial charge in [0.2, 0.25) is 0 Å². The van der Waals surface area contributed by atoms with Crippen molar-refractivity contribution in [2.75, 3.05) is 0 Å². The topological polar surface area (TPSA) is 78.4 Å². The van der Waals surface area contributed by atoms with Gasteiger partial charge in [-0.2, -0.15) is 0 Å². The Labute approximate surface area is 124 Å². The molecule has 0 aliphatic rings. The molecule has 1 aromatic carbocycles. The lowest BCUT2D eigenvalue weighted by atomic mass is 10.1. The summed E-state index contributed by atoms with van der Waals surface area (Å²) in [5.41, 5.74) is 0.693. The van der Waals surface area contributed by atoms with Crippen LogP contribution in [-0.2, 0) is 11.3 Å². The van der Waals surface area contributed by atoms with Gasteiger partial charge >= 0.3 is 12.0 Å². The summed E-state index contributed by atoms with van der Waals surface area (Å²) in [6.07, 6.45) is 0. The third-order valence-electron chi connectivity index (χ3n) is 2.67. The van der Waals surface area contributed by atoms with Gasteiger partial charge in [-0.15, -0.1) is 0 Å². The molecule has 110 valence electrons. The van der Waals surface area contributed by atoms with E-state index in [1.54, 1.807) is 13.8 Å². The molecule has 3 N–H and O–H groups in total. The number of nitrogens with one attached hydrogen (secondary N) is 2. The molecule has 7 heteroatoms. The average Bonchev–Trinajstić information content (AvgIpc) is 2.34. The fourth-order valence-corrected chi connectivity index (χ4v) is 2.04. The molecule has 1 unspecified atom stereocenters. The molecule has 5 nitrogen and oxygen atoms in total. The summed E-state index contributed by atoms with van der Waals surface area (Å²) in [5.74, 6) is -1.69. The number of carbonyl (C=O) groups is 2. The summed E-state index contributed by atoms with van der Waals surface area (Å²) in [4.78, 5) is 22.6. The zero-order valence-corrected chi connectivity index (χ0v) is 12.7. The molecule has 0 aromatic heterocycles. The summed E-state index contributed by atoms with van der Waals surface area (Å²) in [7, 11) is 0. The predicted octanol–water partition coefficient (Wildman–Crippen LogP) is 2.50. The van der Waals surface area contributed by atoms with Gasteiger partial charge in [0.05, 0.1) is 0 Å². The lowest BCUT2D eigenvalue weighted by Crippen LogP contribution is -2.48. The quantitative estimate of drug-likeness (QED) is 0.766. The molecule has 0 saturated heterocycles. The highest BCUT2D eigenvalue weighted by atomic mass is 79.9. The van der Waals surface area contributed by atoms with E-state index < -0.39 is 18.0 Å². The summed E-state index contributed by atoms with van der Waals surface area (Å²) < 4.78 is 13.4. The van der Waals surface area contributed by atoms with Gasteiger partial charge in [-0.25, -0.2) is 14.0 Å². The summed E-state index contributed by atoms with van der Waals surface area (Å²) >= 11 is 3.19. The minimum Gasteiger partial charge on any atom is -0.480 e. The number of hydrogen-bond donors (Lipinski definition) is 3. The monoisotopic (exact) mass is 346 g/mol. The van der Waals surface area contributed by atoms with Crippen molar-refractivity contribution in [3.63, 3.8) is 0 Å². The zero-order chi connectivity index (χ0) is 15.3. The molecule has 1 aromatic rings. The van der Waals surface area contributed by atoms with Crippen molar-refractivity contribution in [1.29, 1.82) is 0 Å². The van der Waals surface area contributed by atoms with Gasteiger partial charge in [0.15, 0.2) is 0 Å². The summed E-state index contributed by atoms with van der Waals surface area (Å²) in [5, 5.41) is 13.9. The van der Waals surface area contributed by atoms with Crippen molar-refractivity contribution >= 4 is 27.9 Å². The van der Waals surface area contributed by atoms with Crippen LogP contribution in [0.1, 0.15) is 19.4 Å². The number of amides is 2. The third kappa shape index (κ3) is 4.80. The van der Waals surface area contributed by atoms with Crippen molar-refractivity contribution < 1.29 is 19.1 Å². The van der Waals surface area contributed by atoms with Gasteiger partial charge in [0.1, 0.15) is 11.9 Å². The Morgan fingerprint density at radius 3 is 2.55 bits per heavy atom. The number of benzene rings is 1. The number of rotatable bonds is 5. The van der Waals surface area contributed by atoms with Crippen LogP contribution < -0.4 is 10.6 Å². The smallest absolute Gasteiger partial charge is 0.326 e. The van der Waals surface area contributed by atoms with Crippen LogP contribution in [0.3, 0.4) is 0 Å². The van der Waals surface area contributed by atoms with E-state index in [0.717, 1.165) is 0 Å². The highest BCUT2D eigenvalue weighted by Gasteiger charge is 2.23. The second-order valence-electron chi connectivity index (χ2n) is 4.62. The van der Waals surface area contributed by atoms with Crippen molar-refractivity contribution in [3.05, 3.63) is 34.1 Å². The van der Waals surface area contributed by atoms with Crippen LogP contribution in [0.4, 0.5) is 9.18 Å². The van der Waals surface area contributed by atoms with Crippen LogP contribution in [-0.4, -0.2) is 23.1 Å². The van der Waals surface area contributed by atoms with E-state index in [1.165, 1.54) is 18.2 Å². The minimum absolute atomic E-state index is 0.164. The fraction of sp³-hybridized carbons (Fsp3) is 0.385. The first-order valence-corrected chi connectivity index (χ1v) is 6.81. The number of carboxylic acid groups (broad SMARTS) is 1. The van der Waals surface area contributed by atoms with E-state index in [1.807, 2.05) is 0 Å². The van der Waals surface area contributed by atoms with Crippen LogP contribution in [0, 0.1) is 11.7 Å². The Morgan fingerprint density at radius 1 is 1.40 bits per heavy atom. The summed E-state index contributed by atoms with van der Waals surface area (Å²) in [6.45, 7) is 3.57. The lowest BCUT2D eigenvalue weighted by molar-refractivity contribution is -0.140. The third-order valence-corrected chi connectivity index (χ3v) is 3.41. The highest BCUT2D eigenvalue weighted by Crippen LogP contribution is 2.17. The predicted molar refractivity (Wildman–Crippen MR) is 75.7 cm³/mol. The van der Waals surface area contributed by atoms with Crippen LogP contribution in [0.2, 0.25) is 0 Å². The van der Waals surface area contributed by atoms with E-state index in [9.17, 15) is 14.0 Å². The maximum absolute atomic E-state index is 12.9. The van der Waals surface area contributed by atoms with Crippen molar-refractivity contribution in [3.8, 4) is 0 Å². The molecule has 0 spiro atoms. The van der Waals surface area contributed by atoms with Crippen LogP contribution in [0.25, 0.3) is 0 Å². The van der Waals surface area contributed by atoms with E-state index in [-0.39, 0.29) is 18.3 Å². The molecule has 1 atom stereocenters. The van der Waals surface area contributed by atoms with Gasteiger partial charge in [-0.05, 0) is 23.6 Å². The van der Waals surface area contributed by atoms with Crippen LogP contribution in [0.5, 0.6) is 0 Å². The SMILES string of the molecule is CC(C)C(NC(=O)NCc1ccc(F)cc1Br)C(=O)O. The number of carboxylic acids is 1. The number of urea groups is 1. The van der Waals surface area contributed by atoms with Crippen molar-refractivity contribution in [2.24, 2.45) is 5.92 Å². The Balaban J connectivity index is 2.57. The van der Waals surface area contributed by atoms with Gasteiger partial charge in [0.25, 0.3) is 0 Å². The van der Waals surface area contributed by atoms with Gasteiger partial charge in [-0.1, -0.05) is 35.8 Å². The van der Waals surface area contributed by atoms with E-state index in [4.69, 9.17) is 5.11 Å². The molecule has 2 amide bonds. The normalized spacial score (nSPS) is 12.1. The lowest BCUT2D eigenvalue weighted by Gasteiger charge is -2.18. The van der Waals surface area contributed by atoms with Crippen molar-refractivity contribution in [2.45, 2.75) is 26.4 Å². The largest absolute Gasteiger partial charge is 0.480 e. The molecule has 0 aliphatic heterocycles. The number of carbonyl (C=O) groups excluding carboxylic acids is 1. The molecule has 0 fully saturated rings. The van der Waals surface area contributed by atoms with Crippen LogP contribution >= 0.6 is 15.9 Å². The first kappa shape index (κ1) is 16.4.